The van der Waals surface area contributed by atoms with E-state index in [2.05, 4.69) is 0 Å². The van der Waals surface area contributed by atoms with E-state index in [-0.39, 0.29) is 22.4 Å². The molecule has 0 aliphatic rings. The molecule has 11 heavy (non-hydrogen) atoms. The van der Waals surface area contributed by atoms with Crippen molar-refractivity contribution in [1.29, 1.82) is 0 Å². The summed E-state index contributed by atoms with van der Waals surface area (Å²) in [5.41, 5.74) is 1.41. The van der Waals surface area contributed by atoms with E-state index in [4.69, 9.17) is 5.11 Å². The molecule has 1 rings (SSSR count). The van der Waals surface area contributed by atoms with Crippen LogP contribution in [-0.4, -0.2) is 11.1 Å². The van der Waals surface area contributed by atoms with Crippen LogP contribution < -0.4 is 0 Å². The van der Waals surface area contributed by atoms with Crippen molar-refractivity contribution in [3.05, 3.63) is 35.4 Å². The molecule has 0 atom stereocenters. The van der Waals surface area contributed by atoms with Gasteiger partial charge in [0.25, 0.3) is 0 Å². The average molecular weight is 244 g/mol. The molecule has 1 aromatic carbocycles. The van der Waals surface area contributed by atoms with Gasteiger partial charge in [-0.25, -0.2) is 4.79 Å². The van der Waals surface area contributed by atoms with Crippen molar-refractivity contribution < 1.29 is 32.3 Å². The summed E-state index contributed by atoms with van der Waals surface area (Å²) in [7, 11) is 0. The minimum absolute atomic E-state index is 0. The molecule has 0 amide bonds. The minimum Gasteiger partial charge on any atom is -0.478 e. The second-order valence-corrected chi connectivity index (χ2v) is 2.17. The van der Waals surface area contributed by atoms with Crippen LogP contribution in [0.25, 0.3) is 0 Å². The van der Waals surface area contributed by atoms with Crippen LogP contribution in [0.5, 0.6) is 0 Å². The zero-order chi connectivity index (χ0) is 7.56. The van der Waals surface area contributed by atoms with E-state index in [0.717, 1.165) is 5.56 Å². The van der Waals surface area contributed by atoms with E-state index in [1.165, 1.54) is 0 Å². The Morgan fingerprint density at radius 2 is 1.73 bits per heavy atom. The molecule has 0 saturated heterocycles. The molecule has 0 bridgehead atoms. The summed E-state index contributed by atoms with van der Waals surface area (Å²) in [5, 5.41) is 8.48. The maximum absolute atomic E-state index is 10.3. The molecule has 0 aliphatic heterocycles. The van der Waals surface area contributed by atoms with Gasteiger partial charge in [-0.1, -0.05) is 17.7 Å². The van der Waals surface area contributed by atoms with Crippen LogP contribution in [0.3, 0.4) is 0 Å². The number of carboxylic acids is 1. The Labute approximate surface area is 80.8 Å². The van der Waals surface area contributed by atoms with Crippen LogP contribution in [0, 0.1) is 6.92 Å². The van der Waals surface area contributed by atoms with Gasteiger partial charge in [0.05, 0.1) is 5.56 Å². The molecule has 2 nitrogen and oxygen atoms in total. The summed E-state index contributed by atoms with van der Waals surface area (Å²) >= 11 is 0. The van der Waals surface area contributed by atoms with Crippen molar-refractivity contribution in [1.82, 2.24) is 0 Å². The Kier molecular flexibility index (Phi) is 4.11. The van der Waals surface area contributed by atoms with Crippen LogP contribution in [0.1, 0.15) is 15.9 Å². The van der Waals surface area contributed by atoms with Gasteiger partial charge < -0.3 is 5.11 Å². The van der Waals surface area contributed by atoms with Crippen molar-refractivity contribution in [2.24, 2.45) is 0 Å². The first-order valence-corrected chi connectivity index (χ1v) is 3.00. The van der Waals surface area contributed by atoms with E-state index < -0.39 is 5.97 Å². The fraction of sp³-hybridized carbons (Fsp3) is 0.125. The first-order chi connectivity index (χ1) is 4.70. The summed E-state index contributed by atoms with van der Waals surface area (Å²) < 4.78 is 0. The molecule has 0 spiro atoms. The van der Waals surface area contributed by atoms with Gasteiger partial charge >= 0.3 is 5.97 Å². The first kappa shape index (κ1) is 10.4. The summed E-state index contributed by atoms with van der Waals surface area (Å²) in [6, 6.07) is 6.75. The molecule has 0 fully saturated rings. The predicted octanol–water partition coefficient (Wildman–Crippen LogP) is 1.69. The fourth-order valence-electron chi connectivity index (χ4n) is 0.696. The number of rotatable bonds is 1. The van der Waals surface area contributed by atoms with Crippen LogP contribution >= 0.6 is 0 Å². The number of hydrogen-bond acceptors (Lipinski definition) is 1. The number of carbonyl (C=O) groups is 1. The third-order valence-electron chi connectivity index (χ3n) is 1.30. The molecule has 1 radical (unpaired) electrons. The number of aryl methyl sites for hydroxylation is 1. The Morgan fingerprint density at radius 1 is 1.27 bits per heavy atom. The summed E-state index contributed by atoms with van der Waals surface area (Å²) in [4.78, 5) is 10.3. The third kappa shape index (κ3) is 2.89. The number of hydrogen-bond donors (Lipinski definition) is 1. The maximum atomic E-state index is 10.3. The van der Waals surface area contributed by atoms with Crippen molar-refractivity contribution in [2.45, 2.75) is 6.92 Å². The van der Waals surface area contributed by atoms with Gasteiger partial charge in [0.2, 0.25) is 0 Å². The van der Waals surface area contributed by atoms with E-state index in [0.29, 0.717) is 5.56 Å². The first-order valence-electron chi connectivity index (χ1n) is 3.00. The second-order valence-electron chi connectivity index (χ2n) is 2.17. The topological polar surface area (TPSA) is 37.3 Å². The minimum atomic E-state index is -0.875. The number of benzene rings is 1. The third-order valence-corrected chi connectivity index (χ3v) is 1.30. The zero-order valence-corrected chi connectivity index (χ0v) is 7.45. The zero-order valence-electron chi connectivity index (χ0n) is 5.97. The fourth-order valence-corrected chi connectivity index (χ4v) is 0.696. The summed E-state index contributed by atoms with van der Waals surface area (Å²) in [5.74, 6) is -0.875. The molecular weight excluding hydrogens is 236 g/mol. The van der Waals surface area contributed by atoms with Crippen molar-refractivity contribution in [3.8, 4) is 0 Å². The largest absolute Gasteiger partial charge is 0.478 e. The van der Waals surface area contributed by atoms with Crippen molar-refractivity contribution >= 4 is 5.97 Å². The summed E-state index contributed by atoms with van der Waals surface area (Å²) in [6.07, 6.45) is 0. The van der Waals surface area contributed by atoms with E-state index in [1.54, 1.807) is 24.3 Å². The Hall–Kier alpha value is -0.570. The molecule has 0 saturated carbocycles. The van der Waals surface area contributed by atoms with Gasteiger partial charge in [-0.3, -0.25) is 0 Å². The predicted molar refractivity (Wildman–Crippen MR) is 38.1 cm³/mol. The van der Waals surface area contributed by atoms with Crippen molar-refractivity contribution in [2.75, 3.05) is 0 Å². The van der Waals surface area contributed by atoms with E-state index >= 15 is 0 Å². The van der Waals surface area contributed by atoms with Gasteiger partial charge in [-0.15, -0.1) is 0 Å². The van der Waals surface area contributed by atoms with Crippen LogP contribution in [0.4, 0.5) is 0 Å². The Balaban J connectivity index is 0.000001000. The molecule has 1 aromatic rings. The van der Waals surface area contributed by atoms with Crippen LogP contribution in [0.15, 0.2) is 24.3 Å². The summed E-state index contributed by atoms with van der Waals surface area (Å²) in [6.45, 7) is 1.92. The molecule has 3 heteroatoms. The van der Waals surface area contributed by atoms with Gasteiger partial charge in [0, 0.05) is 22.4 Å². The molecular formula is C8H8AgO2. The monoisotopic (exact) mass is 243 g/mol. The normalized spacial score (nSPS) is 8.45. The molecule has 0 aromatic heterocycles. The van der Waals surface area contributed by atoms with Gasteiger partial charge in [-0.05, 0) is 19.1 Å². The Morgan fingerprint density at radius 3 is 2.09 bits per heavy atom. The SMILES string of the molecule is Cc1ccc(C(=O)O)cc1.[Ag]. The molecule has 1 N–H and O–H groups in total. The Bertz CT molecular complexity index is 241. The second kappa shape index (κ2) is 4.34. The molecule has 0 heterocycles. The van der Waals surface area contributed by atoms with Crippen LogP contribution in [-0.2, 0) is 22.4 Å². The molecule has 63 valence electrons. The number of carboxylic acid groups (broad SMARTS) is 1. The van der Waals surface area contributed by atoms with E-state index in [1.807, 2.05) is 6.92 Å². The molecule has 0 unspecified atom stereocenters. The van der Waals surface area contributed by atoms with Crippen LogP contribution in [0.2, 0.25) is 0 Å². The standard InChI is InChI=1S/C8H8O2.Ag/c1-6-2-4-7(5-3-6)8(9)10;/h2-5H,1H3,(H,9,10);. The quantitative estimate of drug-likeness (QED) is 0.763. The van der Waals surface area contributed by atoms with Gasteiger partial charge in [0.1, 0.15) is 0 Å². The van der Waals surface area contributed by atoms with E-state index in [9.17, 15) is 4.79 Å². The van der Waals surface area contributed by atoms with Gasteiger partial charge in [-0.2, -0.15) is 0 Å². The molecule has 0 aliphatic carbocycles. The number of aromatic carboxylic acids is 1. The smallest absolute Gasteiger partial charge is 0.335 e. The average Bonchev–Trinajstić information content (AvgIpc) is 1.88. The van der Waals surface area contributed by atoms with Gasteiger partial charge in [0.15, 0.2) is 0 Å². The van der Waals surface area contributed by atoms with Crippen molar-refractivity contribution in [3.63, 3.8) is 0 Å². The maximum Gasteiger partial charge on any atom is 0.335 e.